The summed E-state index contributed by atoms with van der Waals surface area (Å²) in [4.78, 5) is 17.3. The van der Waals surface area contributed by atoms with E-state index in [2.05, 4.69) is 16.7 Å². The predicted octanol–water partition coefficient (Wildman–Crippen LogP) is 7.97. The van der Waals surface area contributed by atoms with Crippen molar-refractivity contribution in [3.8, 4) is 21.9 Å². The van der Waals surface area contributed by atoms with Crippen molar-refractivity contribution in [1.82, 2.24) is 10.3 Å². The van der Waals surface area contributed by atoms with Gasteiger partial charge in [-0.15, -0.1) is 11.3 Å². The van der Waals surface area contributed by atoms with Gasteiger partial charge in [0.15, 0.2) is 10.9 Å². The van der Waals surface area contributed by atoms with E-state index in [9.17, 15) is 4.79 Å². The van der Waals surface area contributed by atoms with Crippen molar-refractivity contribution in [2.24, 2.45) is 0 Å². The number of fused-ring (bicyclic) bond motifs is 1. The van der Waals surface area contributed by atoms with Crippen LogP contribution in [0.1, 0.15) is 16.1 Å². The number of amides is 1. The fourth-order valence-corrected chi connectivity index (χ4v) is 4.98. The van der Waals surface area contributed by atoms with Crippen molar-refractivity contribution >= 4 is 73.7 Å². The minimum absolute atomic E-state index is 0.123. The fraction of sp³-hybridized carbons (Fsp3) is 0.0385. The summed E-state index contributed by atoms with van der Waals surface area (Å²) in [6, 6.07) is 22.4. The number of rotatable bonds is 4. The maximum absolute atomic E-state index is 12.6. The van der Waals surface area contributed by atoms with Gasteiger partial charge in [-0.3, -0.25) is 10.1 Å². The Labute approximate surface area is 220 Å². The Bertz CT molecular complexity index is 1560. The highest BCUT2D eigenvalue weighted by Crippen LogP contribution is 2.32. The molecule has 0 radical (unpaired) electrons. The number of halogens is 2. The number of hydrogen-bond donors (Lipinski definition) is 2. The Balaban J connectivity index is 1.25. The van der Waals surface area contributed by atoms with E-state index in [1.54, 1.807) is 41.7 Å². The Kier molecular flexibility index (Phi) is 6.58. The SMILES string of the molecule is Cc1cc(-c2nc3ccccc3s2)ccc1NC(=S)NC(=O)c1ccc(-c2ccc(Cl)c(Cl)c2)o1. The topological polar surface area (TPSA) is 67.2 Å². The number of thiazole rings is 1. The number of thiocarbonyl (C=S) groups is 1. The normalized spacial score (nSPS) is 10.9. The Morgan fingerprint density at radius 3 is 2.54 bits per heavy atom. The molecule has 0 saturated heterocycles. The summed E-state index contributed by atoms with van der Waals surface area (Å²) in [7, 11) is 0. The van der Waals surface area contributed by atoms with Gasteiger partial charge in [-0.05, 0) is 85.4 Å². The number of aromatic nitrogens is 1. The van der Waals surface area contributed by atoms with Crippen molar-refractivity contribution in [2.75, 3.05) is 5.32 Å². The molecule has 1 amide bonds. The summed E-state index contributed by atoms with van der Waals surface area (Å²) < 4.78 is 6.83. The first-order valence-electron chi connectivity index (χ1n) is 10.5. The van der Waals surface area contributed by atoms with Crippen molar-refractivity contribution in [1.29, 1.82) is 0 Å². The van der Waals surface area contributed by atoms with Crippen LogP contribution >= 0.6 is 46.8 Å². The van der Waals surface area contributed by atoms with Gasteiger partial charge in [-0.1, -0.05) is 35.3 Å². The summed E-state index contributed by atoms with van der Waals surface area (Å²) >= 11 is 19.0. The van der Waals surface area contributed by atoms with E-state index in [-0.39, 0.29) is 10.9 Å². The molecule has 0 aliphatic heterocycles. The molecule has 0 aliphatic rings. The van der Waals surface area contributed by atoms with Crippen molar-refractivity contribution in [3.63, 3.8) is 0 Å². The Hall–Kier alpha value is -3.23. The van der Waals surface area contributed by atoms with Crippen LogP contribution < -0.4 is 10.6 Å². The lowest BCUT2D eigenvalue weighted by atomic mass is 10.1. The van der Waals surface area contributed by atoms with Gasteiger partial charge >= 0.3 is 0 Å². The third-order valence-electron chi connectivity index (χ3n) is 5.28. The highest BCUT2D eigenvalue weighted by Gasteiger charge is 2.15. The van der Waals surface area contributed by atoms with Crippen LogP contribution in [0, 0.1) is 6.92 Å². The molecule has 2 aromatic heterocycles. The maximum Gasteiger partial charge on any atom is 0.293 e. The molecule has 5 rings (SSSR count). The second-order valence-electron chi connectivity index (χ2n) is 7.72. The number of nitrogens with zero attached hydrogens (tertiary/aromatic N) is 1. The lowest BCUT2D eigenvalue weighted by Crippen LogP contribution is -2.34. The zero-order valence-corrected chi connectivity index (χ0v) is 21.4. The number of furan rings is 1. The monoisotopic (exact) mass is 537 g/mol. The second kappa shape index (κ2) is 9.79. The van der Waals surface area contributed by atoms with E-state index >= 15 is 0 Å². The van der Waals surface area contributed by atoms with Gasteiger partial charge < -0.3 is 9.73 Å². The molecule has 0 atom stereocenters. The minimum atomic E-state index is -0.461. The number of para-hydroxylation sites is 1. The summed E-state index contributed by atoms with van der Waals surface area (Å²) in [6.07, 6.45) is 0. The van der Waals surface area contributed by atoms with Crippen LogP contribution in [-0.2, 0) is 0 Å². The molecule has 3 aromatic carbocycles. The molecular weight excluding hydrogens is 521 g/mol. The average Bonchev–Trinajstić information content (AvgIpc) is 3.50. The standard InChI is InChI=1S/C26H17Cl2N3O2S2/c1-14-12-16(25-29-20-4-2-3-5-23(20)35-25)7-9-19(14)30-26(34)31-24(32)22-11-10-21(33-22)15-6-8-17(27)18(28)13-15/h2-13H,1H3,(H2,30,31,32,34). The first-order valence-corrected chi connectivity index (χ1v) is 12.5. The van der Waals surface area contributed by atoms with E-state index in [1.807, 2.05) is 43.3 Å². The molecular formula is C26H17Cl2N3O2S2. The van der Waals surface area contributed by atoms with Gasteiger partial charge in [0.25, 0.3) is 5.91 Å². The number of carbonyl (C=O) groups excluding carboxylic acids is 1. The maximum atomic E-state index is 12.6. The van der Waals surface area contributed by atoms with Crippen LogP contribution in [0.15, 0.2) is 77.2 Å². The highest BCUT2D eigenvalue weighted by molar-refractivity contribution is 7.80. The summed E-state index contributed by atoms with van der Waals surface area (Å²) in [5.41, 5.74) is 4.48. The van der Waals surface area contributed by atoms with E-state index < -0.39 is 5.91 Å². The number of nitrogens with one attached hydrogen (secondary N) is 2. The molecule has 5 nitrogen and oxygen atoms in total. The number of aryl methyl sites for hydroxylation is 1. The number of anilines is 1. The molecule has 0 unspecified atom stereocenters. The van der Waals surface area contributed by atoms with Crippen molar-refractivity contribution < 1.29 is 9.21 Å². The third kappa shape index (κ3) is 5.09. The van der Waals surface area contributed by atoms with Crippen LogP contribution in [0.4, 0.5) is 5.69 Å². The van der Waals surface area contributed by atoms with Gasteiger partial charge in [0.05, 0.1) is 20.3 Å². The lowest BCUT2D eigenvalue weighted by molar-refractivity contribution is 0.0951. The summed E-state index contributed by atoms with van der Waals surface area (Å²) in [5.74, 6) is 0.157. The van der Waals surface area contributed by atoms with E-state index in [0.717, 1.165) is 32.0 Å². The lowest BCUT2D eigenvalue weighted by Gasteiger charge is -2.12. The average molecular weight is 538 g/mol. The second-order valence-corrected chi connectivity index (χ2v) is 9.97. The molecule has 0 saturated carbocycles. The molecule has 174 valence electrons. The zero-order valence-electron chi connectivity index (χ0n) is 18.3. The summed E-state index contributed by atoms with van der Waals surface area (Å²) in [5, 5.41) is 7.69. The molecule has 0 bridgehead atoms. The van der Waals surface area contributed by atoms with E-state index in [1.165, 1.54) is 0 Å². The first kappa shape index (κ1) is 23.5. The number of benzene rings is 3. The highest BCUT2D eigenvalue weighted by atomic mass is 35.5. The van der Waals surface area contributed by atoms with Crippen LogP contribution in [-0.4, -0.2) is 16.0 Å². The van der Waals surface area contributed by atoms with E-state index in [0.29, 0.717) is 21.4 Å². The number of hydrogen-bond acceptors (Lipinski definition) is 5. The van der Waals surface area contributed by atoms with Gasteiger partial charge in [0, 0.05) is 16.8 Å². The molecule has 35 heavy (non-hydrogen) atoms. The minimum Gasteiger partial charge on any atom is -0.451 e. The molecule has 2 N–H and O–H groups in total. The summed E-state index contributed by atoms with van der Waals surface area (Å²) in [6.45, 7) is 1.97. The first-order chi connectivity index (χ1) is 16.9. The van der Waals surface area contributed by atoms with Crippen LogP contribution in [0.5, 0.6) is 0 Å². The number of carbonyl (C=O) groups is 1. The van der Waals surface area contributed by atoms with Crippen molar-refractivity contribution in [3.05, 3.63) is 94.2 Å². The van der Waals surface area contributed by atoms with E-state index in [4.69, 9.17) is 44.8 Å². The fourth-order valence-electron chi connectivity index (χ4n) is 3.52. The quantitative estimate of drug-likeness (QED) is 0.227. The largest absolute Gasteiger partial charge is 0.451 e. The smallest absolute Gasteiger partial charge is 0.293 e. The molecule has 2 heterocycles. The van der Waals surface area contributed by atoms with Gasteiger partial charge in [0.1, 0.15) is 10.8 Å². The molecule has 0 aliphatic carbocycles. The van der Waals surface area contributed by atoms with Gasteiger partial charge in [-0.2, -0.15) is 0 Å². The van der Waals surface area contributed by atoms with Crippen molar-refractivity contribution in [2.45, 2.75) is 6.92 Å². The van der Waals surface area contributed by atoms with Crippen LogP contribution in [0.3, 0.4) is 0 Å². The molecule has 0 fully saturated rings. The Morgan fingerprint density at radius 1 is 0.971 bits per heavy atom. The Morgan fingerprint density at radius 2 is 1.77 bits per heavy atom. The van der Waals surface area contributed by atoms with Gasteiger partial charge in [-0.25, -0.2) is 4.98 Å². The predicted molar refractivity (Wildman–Crippen MR) is 148 cm³/mol. The third-order valence-corrected chi connectivity index (χ3v) is 7.31. The van der Waals surface area contributed by atoms with Crippen LogP contribution in [0.2, 0.25) is 10.0 Å². The molecule has 5 aromatic rings. The van der Waals surface area contributed by atoms with Crippen LogP contribution in [0.25, 0.3) is 32.1 Å². The molecule has 9 heteroatoms. The van der Waals surface area contributed by atoms with Gasteiger partial charge in [0.2, 0.25) is 0 Å². The zero-order chi connectivity index (χ0) is 24.5. The molecule has 0 spiro atoms.